The van der Waals surface area contributed by atoms with Crippen LogP contribution in [0.25, 0.3) is 10.8 Å². The van der Waals surface area contributed by atoms with Gasteiger partial charge in [-0.3, -0.25) is 14.5 Å². The quantitative estimate of drug-likeness (QED) is 0.273. The molecule has 5 nitrogen and oxygen atoms in total. The third-order valence-corrected chi connectivity index (χ3v) is 8.31. The fourth-order valence-corrected chi connectivity index (χ4v) is 6.14. The molecule has 0 saturated carbocycles. The van der Waals surface area contributed by atoms with E-state index in [-0.39, 0.29) is 17.9 Å². The van der Waals surface area contributed by atoms with Crippen LogP contribution in [-0.2, 0) is 9.71 Å². The van der Waals surface area contributed by atoms with Crippen molar-refractivity contribution in [3.63, 3.8) is 0 Å². The molecule has 2 aliphatic rings. The molecule has 1 atom stereocenters. The molecule has 0 N–H and O–H groups in total. The summed E-state index contributed by atoms with van der Waals surface area (Å²) in [5, 5.41) is 2.13. The third-order valence-electron chi connectivity index (χ3n) is 6.12. The van der Waals surface area contributed by atoms with E-state index in [0.29, 0.717) is 42.0 Å². The number of fused-ring (bicyclic) bond motifs is 2. The van der Waals surface area contributed by atoms with E-state index in [2.05, 4.69) is 19.7 Å². The van der Waals surface area contributed by atoms with Crippen LogP contribution in [-0.4, -0.2) is 50.2 Å². The molecule has 0 bridgehead atoms. The summed E-state index contributed by atoms with van der Waals surface area (Å²) in [7, 11) is -2.64. The molecular formula is C31H42N2O3S. The first-order valence-corrected chi connectivity index (χ1v) is 15.1. The highest BCUT2D eigenvalue weighted by Gasteiger charge is 2.41. The van der Waals surface area contributed by atoms with Crippen LogP contribution in [0.5, 0.6) is 0 Å². The van der Waals surface area contributed by atoms with Crippen molar-refractivity contribution >= 4 is 38.2 Å². The molecular weight excluding hydrogens is 480 g/mol. The Morgan fingerprint density at radius 3 is 1.76 bits per heavy atom. The number of hydrogen-bond donors (Lipinski definition) is 0. The second-order valence-electron chi connectivity index (χ2n) is 8.54. The van der Waals surface area contributed by atoms with Crippen molar-refractivity contribution in [2.75, 3.05) is 13.1 Å². The lowest BCUT2D eigenvalue weighted by Gasteiger charge is -2.37. The Morgan fingerprint density at radius 2 is 1.24 bits per heavy atom. The summed E-state index contributed by atoms with van der Waals surface area (Å²) in [5.41, 5.74) is 0.948. The van der Waals surface area contributed by atoms with Crippen molar-refractivity contribution in [1.29, 1.82) is 0 Å². The molecule has 0 aromatic heterocycles. The Morgan fingerprint density at radius 1 is 0.784 bits per heavy atom. The van der Waals surface area contributed by atoms with Gasteiger partial charge in [-0.05, 0) is 53.7 Å². The first-order chi connectivity index (χ1) is 17.9. The van der Waals surface area contributed by atoms with Crippen LogP contribution >= 0.6 is 0 Å². The molecule has 2 aliphatic heterocycles. The lowest BCUT2D eigenvalue weighted by atomic mass is 10.1. The third kappa shape index (κ3) is 6.49. The molecule has 1 saturated heterocycles. The normalized spacial score (nSPS) is 16.9. The first-order valence-electron chi connectivity index (χ1n) is 13.5. The fraction of sp³-hybridized carbons (Fsp3) is 0.387. The summed E-state index contributed by atoms with van der Waals surface area (Å²) in [5.74, 6) is 3.62. The van der Waals surface area contributed by atoms with Gasteiger partial charge in [0, 0.05) is 24.0 Å². The van der Waals surface area contributed by atoms with E-state index in [1.54, 1.807) is 24.3 Å². The number of carbonyl (C=O) groups excluding carboxylic acids is 2. The van der Waals surface area contributed by atoms with Gasteiger partial charge in [0.15, 0.2) is 0 Å². The lowest BCUT2D eigenvalue weighted by molar-refractivity contribution is 0.0537. The molecule has 37 heavy (non-hydrogen) atoms. The Kier molecular flexibility index (Phi) is 11.5. The largest absolute Gasteiger partial charge is 0.271 e. The monoisotopic (exact) mass is 522 g/mol. The van der Waals surface area contributed by atoms with Crippen molar-refractivity contribution in [3.05, 3.63) is 77.9 Å². The molecule has 2 amide bonds. The van der Waals surface area contributed by atoms with Crippen LogP contribution in [0.1, 0.15) is 81.5 Å². The van der Waals surface area contributed by atoms with Gasteiger partial charge < -0.3 is 0 Å². The van der Waals surface area contributed by atoms with Crippen LogP contribution < -0.4 is 0 Å². The van der Waals surface area contributed by atoms with Gasteiger partial charge in [-0.1, -0.05) is 90.4 Å². The van der Waals surface area contributed by atoms with Gasteiger partial charge in [-0.25, -0.2) is 8.51 Å². The number of carbonyl (C=O) groups is 2. The summed E-state index contributed by atoms with van der Waals surface area (Å²) in [6, 6.07) is 20.5. The SMILES string of the molecule is C=S(=O)(c1ccc2ccccc2c1)N1CCC(N2C(=O)c3ccccc3C2=O)CC1.CC.CC.CCC. The maximum Gasteiger partial charge on any atom is 0.261 e. The average molecular weight is 523 g/mol. The van der Waals surface area contributed by atoms with Crippen LogP contribution in [0.15, 0.2) is 71.6 Å². The summed E-state index contributed by atoms with van der Waals surface area (Å²) >= 11 is 0. The molecule has 200 valence electrons. The van der Waals surface area contributed by atoms with Gasteiger partial charge in [-0.15, -0.1) is 0 Å². The number of piperidine rings is 1. The van der Waals surface area contributed by atoms with E-state index in [9.17, 15) is 13.8 Å². The van der Waals surface area contributed by atoms with E-state index >= 15 is 0 Å². The average Bonchev–Trinajstić information content (AvgIpc) is 3.20. The molecule has 1 unspecified atom stereocenters. The van der Waals surface area contributed by atoms with Gasteiger partial charge in [0.2, 0.25) is 0 Å². The summed E-state index contributed by atoms with van der Waals surface area (Å²) in [6.07, 6.45) is 2.43. The summed E-state index contributed by atoms with van der Waals surface area (Å²) < 4.78 is 15.5. The van der Waals surface area contributed by atoms with Gasteiger partial charge in [-0.2, -0.15) is 0 Å². The molecule has 5 rings (SSSR count). The molecule has 3 aromatic carbocycles. The molecule has 3 aromatic rings. The van der Waals surface area contributed by atoms with Crippen molar-refractivity contribution < 1.29 is 13.8 Å². The highest BCUT2D eigenvalue weighted by atomic mass is 32.2. The fourth-order valence-electron chi connectivity index (χ4n) is 4.45. The van der Waals surface area contributed by atoms with Crippen molar-refractivity contribution in [2.45, 2.75) is 71.7 Å². The van der Waals surface area contributed by atoms with Crippen LogP contribution in [0, 0.1) is 0 Å². The molecule has 6 heteroatoms. The number of imide groups is 1. The standard InChI is InChI=1S/C24H22N2O3S.C3H8.2C2H6/c1-30(29,20-11-10-17-6-2-3-7-18(17)16-20)25-14-12-19(13-15-25)26-23(27)21-8-4-5-9-22(21)24(26)28;1-3-2;2*1-2/h2-11,16,19H,1,12-15H2;3H2,1-2H3;2*1-2H3. The van der Waals surface area contributed by atoms with Gasteiger partial charge in [0.25, 0.3) is 11.8 Å². The summed E-state index contributed by atoms with van der Waals surface area (Å²) in [4.78, 5) is 27.6. The topological polar surface area (TPSA) is 57.7 Å². The highest BCUT2D eigenvalue weighted by molar-refractivity contribution is 7.98. The Labute approximate surface area is 223 Å². The molecule has 2 heterocycles. The number of nitrogens with zero attached hydrogens (tertiary/aromatic N) is 2. The maximum absolute atomic E-state index is 13.6. The van der Waals surface area contributed by atoms with Gasteiger partial charge >= 0.3 is 0 Å². The zero-order valence-corrected chi connectivity index (χ0v) is 24.0. The Bertz CT molecular complexity index is 1260. The van der Waals surface area contributed by atoms with Crippen LogP contribution in [0.4, 0.5) is 0 Å². The second kappa shape index (κ2) is 14.1. The predicted octanol–water partition coefficient (Wildman–Crippen LogP) is 7.06. The minimum atomic E-state index is -2.64. The number of hydrogen-bond acceptors (Lipinski definition) is 3. The maximum atomic E-state index is 13.6. The van der Waals surface area contributed by atoms with Crippen molar-refractivity contribution in [2.24, 2.45) is 0 Å². The second-order valence-corrected chi connectivity index (χ2v) is 10.8. The zero-order chi connectivity index (χ0) is 27.6. The minimum absolute atomic E-state index is 0.180. The number of rotatable bonds is 3. The number of benzene rings is 3. The Balaban J connectivity index is 0.000000630. The smallest absolute Gasteiger partial charge is 0.261 e. The Hall–Kier alpha value is -2.96. The van der Waals surface area contributed by atoms with Crippen LogP contribution in [0.3, 0.4) is 0 Å². The molecule has 0 radical (unpaired) electrons. The van der Waals surface area contributed by atoms with Crippen molar-refractivity contribution in [1.82, 2.24) is 9.21 Å². The molecule has 1 fully saturated rings. The van der Waals surface area contributed by atoms with E-state index in [1.165, 1.54) is 11.3 Å². The van der Waals surface area contributed by atoms with Crippen molar-refractivity contribution in [3.8, 4) is 0 Å². The summed E-state index contributed by atoms with van der Waals surface area (Å²) in [6.45, 7) is 13.3. The zero-order valence-electron chi connectivity index (χ0n) is 23.2. The van der Waals surface area contributed by atoms with Gasteiger partial charge in [0.1, 0.15) is 0 Å². The first kappa shape index (κ1) is 30.3. The minimum Gasteiger partial charge on any atom is -0.271 e. The van der Waals surface area contributed by atoms with E-state index < -0.39 is 9.71 Å². The lowest BCUT2D eigenvalue weighted by Crippen LogP contribution is -2.48. The van der Waals surface area contributed by atoms with Crippen LogP contribution in [0.2, 0.25) is 0 Å². The molecule has 0 aliphatic carbocycles. The number of amides is 2. The predicted molar refractivity (Wildman–Crippen MR) is 158 cm³/mol. The van der Waals surface area contributed by atoms with E-state index in [1.807, 2.05) is 74.5 Å². The molecule has 0 spiro atoms. The van der Waals surface area contributed by atoms with E-state index in [0.717, 1.165) is 10.8 Å². The highest BCUT2D eigenvalue weighted by Crippen LogP contribution is 2.30. The van der Waals surface area contributed by atoms with E-state index in [4.69, 9.17) is 0 Å². The van der Waals surface area contributed by atoms with Gasteiger partial charge in [0.05, 0.1) is 20.8 Å².